The fourth-order valence-corrected chi connectivity index (χ4v) is 13.6. The van der Waals surface area contributed by atoms with Gasteiger partial charge in [0.15, 0.2) is 0 Å². The minimum atomic E-state index is -0.269. The highest BCUT2D eigenvalue weighted by Gasteiger charge is 2.37. The summed E-state index contributed by atoms with van der Waals surface area (Å²) in [6.07, 6.45) is 0. The second-order valence-corrected chi connectivity index (χ2v) is 25.0. The Morgan fingerprint density at radius 2 is 0.850 bits per heavy atom. The van der Waals surface area contributed by atoms with Crippen molar-refractivity contribution in [2.75, 3.05) is 9.80 Å². The summed E-state index contributed by atoms with van der Waals surface area (Å²) in [5.41, 5.74) is 21.4. The Morgan fingerprint density at radius 3 is 1.48 bits per heavy atom. The first-order chi connectivity index (χ1) is 38.7. The van der Waals surface area contributed by atoms with Gasteiger partial charge < -0.3 is 23.0 Å². The summed E-state index contributed by atoms with van der Waals surface area (Å²) < 4.78 is 15.6. The van der Waals surface area contributed by atoms with Crippen molar-refractivity contribution in [3.63, 3.8) is 0 Å². The Balaban J connectivity index is 0.856. The molecule has 0 amide bonds. The lowest BCUT2D eigenvalue weighted by atomic mass is 9.81. The molecule has 0 unspecified atom stereocenters. The molecular weight excluding hydrogens is 975 g/mol. The van der Waals surface area contributed by atoms with Crippen molar-refractivity contribution in [2.45, 2.75) is 71.6 Å². The van der Waals surface area contributed by atoms with Gasteiger partial charge in [-0.2, -0.15) is 0 Å². The third-order valence-corrected chi connectivity index (χ3v) is 17.8. The smallest absolute Gasteiger partial charge is 0.137 e. The van der Waals surface area contributed by atoms with Crippen molar-refractivity contribution in [1.82, 2.24) is 4.40 Å². The van der Waals surface area contributed by atoms with E-state index >= 15 is 0 Å². The van der Waals surface area contributed by atoms with E-state index in [9.17, 15) is 0 Å². The number of nitrogens with zero attached hydrogens (tertiary/aromatic N) is 3. The van der Waals surface area contributed by atoms with Crippen LogP contribution in [0, 0.1) is 0 Å². The topological polar surface area (TPSA) is 37.2 Å². The lowest BCUT2D eigenvalue weighted by Crippen LogP contribution is -2.17. The van der Waals surface area contributed by atoms with E-state index < -0.39 is 0 Å². The number of fused-ring (bicyclic) bond motifs is 16. The molecule has 0 bridgehead atoms. The standard InChI is InChI=1S/C75H59N3O2/c1-73(2,3)46-21-25-48(26-22-46)76(51-30-33-56-54-15-10-13-19-67(54)79-69(56)42-51)50-29-32-53-60-37-45-40-66-61(38-44(45)39-62(60)75(7,8)63(53)41-50)58-35-36-65(71-59-17-9-12-18-64(59)78(66)72(58)71)77(49-27-23-47(24-28-49)74(4,5)6)52-31-34-57-55-16-11-14-20-68(55)80-70(57)43-52/h9-43H,1-8H3. The van der Waals surface area contributed by atoms with Crippen molar-refractivity contribution in [3.05, 3.63) is 235 Å². The maximum atomic E-state index is 6.55. The molecule has 0 N–H and O–H groups in total. The Hall–Kier alpha value is -9.32. The monoisotopic (exact) mass is 1030 g/mol. The number of hydrogen-bond donors (Lipinski definition) is 0. The average Bonchev–Trinajstić information content (AvgIpc) is 3.00. The van der Waals surface area contributed by atoms with Crippen LogP contribution in [0.4, 0.5) is 34.1 Å². The van der Waals surface area contributed by atoms with Gasteiger partial charge in [0.1, 0.15) is 22.3 Å². The minimum absolute atomic E-state index is 0.0195. The van der Waals surface area contributed by atoms with E-state index in [1.54, 1.807) is 0 Å². The molecule has 4 heterocycles. The molecule has 5 nitrogen and oxygen atoms in total. The van der Waals surface area contributed by atoms with Crippen molar-refractivity contribution in [2.24, 2.45) is 0 Å². The molecule has 5 heteroatoms. The predicted molar refractivity (Wildman–Crippen MR) is 337 cm³/mol. The number of hydrogen-bond acceptors (Lipinski definition) is 4. The zero-order chi connectivity index (χ0) is 54.1. The predicted octanol–water partition coefficient (Wildman–Crippen LogP) is 21.6. The molecule has 0 fully saturated rings. The van der Waals surface area contributed by atoms with Crippen LogP contribution in [0.1, 0.15) is 77.6 Å². The third-order valence-electron chi connectivity index (χ3n) is 17.8. The van der Waals surface area contributed by atoms with Gasteiger partial charge in [-0.15, -0.1) is 0 Å². The highest BCUT2D eigenvalue weighted by Crippen LogP contribution is 2.54. The van der Waals surface area contributed by atoms with Gasteiger partial charge in [-0.25, -0.2) is 0 Å². The number of rotatable bonds is 6. The summed E-state index contributed by atoms with van der Waals surface area (Å²) in [7, 11) is 0. The molecule has 16 rings (SSSR count). The molecule has 11 aromatic carbocycles. The summed E-state index contributed by atoms with van der Waals surface area (Å²) in [6.45, 7) is 18.5. The van der Waals surface area contributed by atoms with Crippen LogP contribution in [-0.2, 0) is 16.2 Å². The third kappa shape index (κ3) is 6.76. The average molecular weight is 1030 g/mol. The van der Waals surface area contributed by atoms with E-state index in [2.05, 4.69) is 270 Å². The molecule has 0 spiro atoms. The van der Waals surface area contributed by atoms with Gasteiger partial charge >= 0.3 is 0 Å². The zero-order valence-corrected chi connectivity index (χ0v) is 46.4. The fraction of sp³-hybridized carbons (Fsp3) is 0.147. The van der Waals surface area contributed by atoms with Crippen LogP contribution in [-0.4, -0.2) is 4.40 Å². The molecule has 1 aliphatic carbocycles. The Morgan fingerprint density at radius 1 is 0.362 bits per heavy atom. The lowest BCUT2D eigenvalue weighted by Gasteiger charge is -2.29. The number of furan rings is 2. The highest BCUT2D eigenvalue weighted by atomic mass is 16.3. The van der Waals surface area contributed by atoms with Crippen molar-refractivity contribution < 1.29 is 8.83 Å². The van der Waals surface area contributed by atoms with Gasteiger partial charge in [-0.1, -0.05) is 146 Å². The SMILES string of the molecule is CC(C)(C)c1ccc(N(c2ccc3c(c2)C(C)(C)c2cc4cc5c6ccc(N(c7ccc(C(C)(C)C)cc7)c7ccc8c(c7)oc7ccccc78)c7c8ccccc8n(c5cc4cc2-3)c67)c2ccc3c(c2)oc2ccccc23)cc1. The van der Waals surface area contributed by atoms with Crippen LogP contribution in [0.5, 0.6) is 0 Å². The molecule has 0 radical (unpaired) electrons. The Labute approximate surface area is 464 Å². The number of benzene rings is 11. The maximum absolute atomic E-state index is 6.55. The molecule has 15 aromatic rings. The molecule has 0 aliphatic heterocycles. The molecule has 1 aliphatic rings. The number of aromatic nitrogens is 1. The Bertz CT molecular complexity index is 5050. The van der Waals surface area contributed by atoms with Crippen molar-refractivity contribution in [1.29, 1.82) is 0 Å². The van der Waals surface area contributed by atoms with E-state index in [-0.39, 0.29) is 16.2 Å². The zero-order valence-electron chi connectivity index (χ0n) is 46.4. The molecule has 386 valence electrons. The van der Waals surface area contributed by atoms with Crippen LogP contribution in [0.15, 0.2) is 221 Å². The second kappa shape index (κ2) is 16.4. The van der Waals surface area contributed by atoms with Crippen LogP contribution in [0.25, 0.3) is 104 Å². The highest BCUT2D eigenvalue weighted by molar-refractivity contribution is 6.28. The van der Waals surface area contributed by atoms with Crippen LogP contribution >= 0.6 is 0 Å². The fourth-order valence-electron chi connectivity index (χ4n) is 13.6. The van der Waals surface area contributed by atoms with E-state index in [1.807, 2.05) is 12.1 Å². The Kier molecular flexibility index (Phi) is 9.57. The lowest BCUT2D eigenvalue weighted by molar-refractivity contribution is 0.590. The molecule has 0 saturated heterocycles. The van der Waals surface area contributed by atoms with Gasteiger partial charge in [0, 0.05) is 89.1 Å². The van der Waals surface area contributed by atoms with Gasteiger partial charge in [0.25, 0.3) is 0 Å². The first-order valence-corrected chi connectivity index (χ1v) is 28.1. The summed E-state index contributed by atoms with van der Waals surface area (Å²) in [6, 6.07) is 78.9. The van der Waals surface area contributed by atoms with E-state index in [0.717, 1.165) is 78.0 Å². The second-order valence-electron chi connectivity index (χ2n) is 25.0. The number of anilines is 6. The first kappa shape index (κ1) is 46.7. The van der Waals surface area contributed by atoms with Gasteiger partial charge in [-0.05, 0) is 164 Å². The van der Waals surface area contributed by atoms with Crippen LogP contribution in [0.2, 0.25) is 0 Å². The summed E-state index contributed by atoms with van der Waals surface area (Å²) in [4.78, 5) is 4.83. The van der Waals surface area contributed by atoms with Crippen molar-refractivity contribution in [3.8, 4) is 11.1 Å². The first-order valence-electron chi connectivity index (χ1n) is 28.1. The van der Waals surface area contributed by atoms with Gasteiger partial charge in [0.2, 0.25) is 0 Å². The summed E-state index contributed by atoms with van der Waals surface area (Å²) in [5, 5.41) is 11.9. The summed E-state index contributed by atoms with van der Waals surface area (Å²) >= 11 is 0. The molecule has 80 heavy (non-hydrogen) atoms. The minimum Gasteiger partial charge on any atom is -0.456 e. The van der Waals surface area contributed by atoms with E-state index in [0.29, 0.717) is 0 Å². The van der Waals surface area contributed by atoms with Gasteiger partial charge in [-0.3, -0.25) is 0 Å². The van der Waals surface area contributed by atoms with E-state index in [1.165, 1.54) is 82.2 Å². The molecule has 0 saturated carbocycles. The largest absolute Gasteiger partial charge is 0.456 e. The van der Waals surface area contributed by atoms with Gasteiger partial charge in [0.05, 0.1) is 22.2 Å². The molecular formula is C75H59N3O2. The van der Waals surface area contributed by atoms with Crippen molar-refractivity contribution >= 4 is 127 Å². The number of para-hydroxylation sites is 3. The van der Waals surface area contributed by atoms with Crippen LogP contribution in [0.3, 0.4) is 0 Å². The van der Waals surface area contributed by atoms with E-state index in [4.69, 9.17) is 8.83 Å². The maximum Gasteiger partial charge on any atom is 0.137 e. The molecule has 0 atom stereocenters. The normalized spacial score (nSPS) is 13.6. The quantitative estimate of drug-likeness (QED) is 0.166. The summed E-state index contributed by atoms with van der Waals surface area (Å²) in [5.74, 6) is 0. The molecule has 4 aromatic heterocycles. The van der Waals surface area contributed by atoms with Crippen LogP contribution < -0.4 is 9.80 Å².